The molecule has 1 fully saturated rings. The molecule has 0 unspecified atom stereocenters. The van der Waals surface area contributed by atoms with Crippen molar-refractivity contribution in [3.05, 3.63) is 78.1 Å². The lowest BCUT2D eigenvalue weighted by Crippen LogP contribution is -2.25. The van der Waals surface area contributed by atoms with Gasteiger partial charge in [-0.2, -0.15) is 0 Å². The Morgan fingerprint density at radius 3 is 2.03 bits per heavy atom. The van der Waals surface area contributed by atoms with Crippen LogP contribution < -0.4 is 16.0 Å². The summed E-state index contributed by atoms with van der Waals surface area (Å²) in [4.78, 5) is 40.1. The van der Waals surface area contributed by atoms with Crippen molar-refractivity contribution >= 4 is 29.1 Å². The van der Waals surface area contributed by atoms with Crippen molar-refractivity contribution in [2.75, 3.05) is 10.6 Å². The molecule has 0 radical (unpaired) electrons. The highest BCUT2D eigenvalue weighted by atomic mass is 16.2. The first-order valence-corrected chi connectivity index (χ1v) is 10.0. The van der Waals surface area contributed by atoms with E-state index in [1.165, 1.54) is 13.1 Å². The molecule has 0 aliphatic heterocycles. The highest BCUT2D eigenvalue weighted by Crippen LogP contribution is 2.23. The minimum absolute atomic E-state index is 0.0650. The zero-order valence-corrected chi connectivity index (χ0v) is 17.0. The van der Waals surface area contributed by atoms with Gasteiger partial charge in [-0.3, -0.25) is 19.4 Å². The average molecular weight is 414 g/mol. The van der Waals surface area contributed by atoms with Crippen LogP contribution in [0.5, 0.6) is 0 Å². The highest BCUT2D eigenvalue weighted by molar-refractivity contribution is 6.05. The molecular formula is C24H22N4O3. The number of aromatic nitrogens is 1. The van der Waals surface area contributed by atoms with E-state index in [1.807, 2.05) is 12.1 Å². The van der Waals surface area contributed by atoms with E-state index in [4.69, 9.17) is 0 Å². The monoisotopic (exact) mass is 414 g/mol. The Balaban J connectivity index is 1.44. The first-order chi connectivity index (χ1) is 15.0. The van der Waals surface area contributed by atoms with Gasteiger partial charge in [0.1, 0.15) is 0 Å². The Bertz CT molecular complexity index is 1120. The fourth-order valence-corrected chi connectivity index (χ4v) is 3.08. The van der Waals surface area contributed by atoms with E-state index < -0.39 is 0 Å². The number of rotatable bonds is 6. The number of carbonyl (C=O) groups is 3. The van der Waals surface area contributed by atoms with Crippen molar-refractivity contribution in [1.82, 2.24) is 10.3 Å². The van der Waals surface area contributed by atoms with Gasteiger partial charge in [-0.1, -0.05) is 12.1 Å². The van der Waals surface area contributed by atoms with E-state index in [2.05, 4.69) is 20.9 Å². The summed E-state index contributed by atoms with van der Waals surface area (Å²) in [5.74, 6) is -0.511. The molecule has 1 saturated carbocycles. The van der Waals surface area contributed by atoms with Crippen LogP contribution in [-0.4, -0.2) is 28.7 Å². The normalized spacial score (nSPS) is 12.7. The van der Waals surface area contributed by atoms with E-state index in [-0.39, 0.29) is 17.7 Å². The first-order valence-electron chi connectivity index (χ1n) is 10.0. The van der Waals surface area contributed by atoms with Crippen LogP contribution in [-0.2, 0) is 4.79 Å². The maximum atomic E-state index is 12.6. The molecule has 3 aromatic rings. The topological polar surface area (TPSA) is 100 Å². The highest BCUT2D eigenvalue weighted by Gasteiger charge is 2.23. The predicted molar refractivity (Wildman–Crippen MR) is 119 cm³/mol. The number of hydrogen-bond acceptors (Lipinski definition) is 4. The Hall–Kier alpha value is -4.00. The van der Waals surface area contributed by atoms with Crippen LogP contribution >= 0.6 is 0 Å². The maximum absolute atomic E-state index is 12.6. The molecule has 3 amide bonds. The minimum Gasteiger partial charge on any atom is -0.349 e. The molecule has 7 heteroatoms. The van der Waals surface area contributed by atoms with Gasteiger partial charge in [0.25, 0.3) is 11.8 Å². The van der Waals surface area contributed by atoms with Crippen LogP contribution in [0.3, 0.4) is 0 Å². The summed E-state index contributed by atoms with van der Waals surface area (Å²) in [6, 6.07) is 16.2. The molecule has 156 valence electrons. The van der Waals surface area contributed by atoms with Gasteiger partial charge < -0.3 is 16.0 Å². The van der Waals surface area contributed by atoms with Crippen LogP contribution in [0.1, 0.15) is 40.5 Å². The second kappa shape index (κ2) is 8.79. The molecule has 0 spiro atoms. The van der Waals surface area contributed by atoms with Gasteiger partial charge in [0.15, 0.2) is 0 Å². The molecule has 1 aliphatic carbocycles. The van der Waals surface area contributed by atoms with Gasteiger partial charge in [0, 0.05) is 47.9 Å². The van der Waals surface area contributed by atoms with E-state index in [1.54, 1.807) is 48.7 Å². The number of nitrogens with zero attached hydrogens (tertiary/aromatic N) is 1. The Morgan fingerprint density at radius 2 is 1.42 bits per heavy atom. The zero-order chi connectivity index (χ0) is 21.8. The summed E-state index contributed by atoms with van der Waals surface area (Å²) in [6.45, 7) is 1.44. The molecular weight excluding hydrogens is 392 g/mol. The summed E-state index contributed by atoms with van der Waals surface area (Å²) in [5.41, 5.74) is 3.94. The summed E-state index contributed by atoms with van der Waals surface area (Å²) in [7, 11) is 0. The predicted octanol–water partition coefficient (Wildman–Crippen LogP) is 3.85. The smallest absolute Gasteiger partial charge is 0.257 e. The number of nitrogens with one attached hydrogen (secondary N) is 3. The van der Waals surface area contributed by atoms with Gasteiger partial charge in [-0.05, 0) is 60.9 Å². The van der Waals surface area contributed by atoms with Crippen LogP contribution in [0, 0.1) is 0 Å². The molecule has 1 heterocycles. The van der Waals surface area contributed by atoms with Gasteiger partial charge >= 0.3 is 0 Å². The molecule has 1 aliphatic rings. The summed E-state index contributed by atoms with van der Waals surface area (Å²) in [5, 5.41) is 8.46. The third-order valence-electron chi connectivity index (χ3n) is 4.86. The average Bonchev–Trinajstić information content (AvgIpc) is 3.59. The van der Waals surface area contributed by atoms with Crippen LogP contribution in [0.25, 0.3) is 11.1 Å². The van der Waals surface area contributed by atoms with E-state index in [0.717, 1.165) is 24.0 Å². The van der Waals surface area contributed by atoms with E-state index in [0.29, 0.717) is 28.5 Å². The number of hydrogen-bond donors (Lipinski definition) is 3. The lowest BCUT2D eigenvalue weighted by molar-refractivity contribution is -0.114. The summed E-state index contributed by atoms with van der Waals surface area (Å²) in [6.07, 6.45) is 5.27. The number of anilines is 2. The van der Waals surface area contributed by atoms with Crippen molar-refractivity contribution < 1.29 is 14.4 Å². The van der Waals surface area contributed by atoms with Crippen LogP contribution in [0.15, 0.2) is 67.0 Å². The molecule has 0 bridgehead atoms. The fraction of sp³-hybridized carbons (Fsp3) is 0.167. The quantitative estimate of drug-likeness (QED) is 0.570. The molecule has 0 saturated heterocycles. The summed E-state index contributed by atoms with van der Waals surface area (Å²) < 4.78 is 0. The lowest BCUT2D eigenvalue weighted by atomic mass is 10.0. The third kappa shape index (κ3) is 5.33. The van der Waals surface area contributed by atoms with Crippen molar-refractivity contribution in [3.63, 3.8) is 0 Å². The SMILES string of the molecule is CC(=O)Nc1ccc(NC(=O)c2cncc(-c3ccc(C(=O)NC4CC4)cc3)c2)cc1. The van der Waals surface area contributed by atoms with E-state index in [9.17, 15) is 14.4 Å². The molecule has 0 atom stereocenters. The fourth-order valence-electron chi connectivity index (χ4n) is 3.08. The van der Waals surface area contributed by atoms with Gasteiger partial charge in [0.05, 0.1) is 5.56 Å². The minimum atomic E-state index is -0.290. The second-order valence-corrected chi connectivity index (χ2v) is 7.50. The number of pyridine rings is 1. The van der Waals surface area contributed by atoms with E-state index >= 15 is 0 Å². The second-order valence-electron chi connectivity index (χ2n) is 7.50. The molecule has 3 N–H and O–H groups in total. The van der Waals surface area contributed by atoms with Crippen molar-refractivity contribution in [2.45, 2.75) is 25.8 Å². The molecule has 1 aromatic heterocycles. The van der Waals surface area contributed by atoms with Gasteiger partial charge in [-0.25, -0.2) is 0 Å². The van der Waals surface area contributed by atoms with Gasteiger partial charge in [-0.15, -0.1) is 0 Å². The lowest BCUT2D eigenvalue weighted by Gasteiger charge is -2.09. The third-order valence-corrected chi connectivity index (χ3v) is 4.86. The van der Waals surface area contributed by atoms with Crippen LogP contribution in [0.4, 0.5) is 11.4 Å². The summed E-state index contributed by atoms with van der Waals surface area (Å²) >= 11 is 0. The van der Waals surface area contributed by atoms with Crippen molar-refractivity contribution in [2.24, 2.45) is 0 Å². The van der Waals surface area contributed by atoms with Crippen molar-refractivity contribution in [1.29, 1.82) is 0 Å². The largest absolute Gasteiger partial charge is 0.349 e. The number of amides is 3. The molecule has 2 aromatic carbocycles. The van der Waals surface area contributed by atoms with Gasteiger partial charge in [0.2, 0.25) is 5.91 Å². The zero-order valence-electron chi connectivity index (χ0n) is 17.0. The standard InChI is InChI=1S/C24H22N4O3/c1-15(29)26-20-6-8-22(9-7-20)28-24(31)19-12-18(13-25-14-19)16-2-4-17(5-3-16)23(30)27-21-10-11-21/h2-9,12-14,21H,10-11H2,1H3,(H,26,29)(H,27,30)(H,28,31). The van der Waals surface area contributed by atoms with Crippen LogP contribution in [0.2, 0.25) is 0 Å². The Morgan fingerprint density at radius 1 is 0.774 bits per heavy atom. The number of carbonyl (C=O) groups excluding carboxylic acids is 3. The maximum Gasteiger partial charge on any atom is 0.257 e. The molecule has 7 nitrogen and oxygen atoms in total. The molecule has 4 rings (SSSR count). The first kappa shape index (κ1) is 20.3. The molecule has 31 heavy (non-hydrogen) atoms. The Labute approximate surface area is 179 Å². The van der Waals surface area contributed by atoms with Crippen molar-refractivity contribution in [3.8, 4) is 11.1 Å². The Kier molecular flexibility index (Phi) is 5.75. The number of benzene rings is 2.